The summed E-state index contributed by atoms with van der Waals surface area (Å²) in [6, 6.07) is 0. The molecule has 0 aromatic carbocycles. The normalized spacial score (nSPS) is 23.6. The van der Waals surface area contributed by atoms with Crippen LogP contribution in [0.3, 0.4) is 0 Å². The molecular formula is C10H14N2O2. The van der Waals surface area contributed by atoms with Gasteiger partial charge in [-0.25, -0.2) is 4.98 Å². The zero-order valence-electron chi connectivity index (χ0n) is 8.27. The van der Waals surface area contributed by atoms with Crippen molar-refractivity contribution in [2.45, 2.75) is 18.8 Å². The minimum atomic E-state index is 0.327. The van der Waals surface area contributed by atoms with Crippen molar-refractivity contribution in [3.63, 3.8) is 0 Å². The first-order valence-electron chi connectivity index (χ1n) is 4.89. The highest BCUT2D eigenvalue weighted by Crippen LogP contribution is 2.25. The van der Waals surface area contributed by atoms with Crippen LogP contribution in [0.25, 0.3) is 0 Å². The van der Waals surface area contributed by atoms with Gasteiger partial charge < -0.3 is 9.32 Å². The van der Waals surface area contributed by atoms with Gasteiger partial charge in [0.1, 0.15) is 0 Å². The largest absolute Gasteiger partial charge is 0.438 e. The average Bonchev–Trinajstić information content (AvgIpc) is 2.66. The van der Waals surface area contributed by atoms with Crippen molar-refractivity contribution in [1.82, 2.24) is 9.88 Å². The summed E-state index contributed by atoms with van der Waals surface area (Å²) < 4.78 is 5.31. The fourth-order valence-corrected chi connectivity index (χ4v) is 1.91. The third kappa shape index (κ3) is 1.85. The first-order valence-corrected chi connectivity index (χ1v) is 4.89. The highest BCUT2D eigenvalue weighted by molar-refractivity contribution is 5.69. The summed E-state index contributed by atoms with van der Waals surface area (Å²) in [6.07, 6.45) is 4.46. The van der Waals surface area contributed by atoms with E-state index in [9.17, 15) is 4.79 Å². The Balaban J connectivity index is 2.09. The molecule has 76 valence electrons. The van der Waals surface area contributed by atoms with Crippen molar-refractivity contribution in [2.75, 3.05) is 20.1 Å². The van der Waals surface area contributed by atoms with Crippen LogP contribution < -0.4 is 0 Å². The van der Waals surface area contributed by atoms with Crippen molar-refractivity contribution in [2.24, 2.45) is 0 Å². The fraction of sp³-hybridized carbons (Fsp3) is 0.600. The summed E-state index contributed by atoms with van der Waals surface area (Å²) in [5.41, 5.74) is 0. The Hall–Kier alpha value is -1.16. The number of hydrogen-bond acceptors (Lipinski definition) is 4. The van der Waals surface area contributed by atoms with E-state index in [1.807, 2.05) is 0 Å². The number of oxazole rings is 1. The highest BCUT2D eigenvalue weighted by Gasteiger charge is 2.22. The summed E-state index contributed by atoms with van der Waals surface area (Å²) >= 11 is 0. The van der Waals surface area contributed by atoms with Gasteiger partial charge >= 0.3 is 0 Å². The van der Waals surface area contributed by atoms with Crippen LogP contribution in [0.1, 0.15) is 35.2 Å². The van der Waals surface area contributed by atoms with Crippen molar-refractivity contribution < 1.29 is 9.21 Å². The molecule has 14 heavy (non-hydrogen) atoms. The quantitative estimate of drug-likeness (QED) is 0.666. The molecule has 1 unspecified atom stereocenters. The number of likely N-dealkylation sites (tertiary alicyclic amines) is 1. The molecule has 0 N–H and O–H groups in total. The Labute approximate surface area is 82.9 Å². The Morgan fingerprint density at radius 2 is 2.57 bits per heavy atom. The van der Waals surface area contributed by atoms with Crippen molar-refractivity contribution >= 4 is 6.29 Å². The lowest BCUT2D eigenvalue weighted by Gasteiger charge is -2.27. The molecule has 2 rings (SSSR count). The molecule has 0 radical (unpaired) electrons. The van der Waals surface area contributed by atoms with Gasteiger partial charge in [-0.3, -0.25) is 4.79 Å². The zero-order valence-corrected chi connectivity index (χ0v) is 8.27. The molecule has 1 aromatic rings. The summed E-state index contributed by atoms with van der Waals surface area (Å²) in [5.74, 6) is 1.38. The minimum absolute atomic E-state index is 0.327. The Morgan fingerprint density at radius 3 is 3.21 bits per heavy atom. The summed E-state index contributed by atoms with van der Waals surface area (Å²) in [7, 11) is 2.09. The van der Waals surface area contributed by atoms with Gasteiger partial charge in [0.05, 0.1) is 6.20 Å². The SMILES string of the molecule is CN1CCCC(c2ncc(C=O)o2)C1. The Morgan fingerprint density at radius 1 is 1.71 bits per heavy atom. The Kier molecular flexibility index (Phi) is 2.63. The number of aromatic nitrogens is 1. The number of carbonyl (C=O) groups excluding carboxylic acids is 1. The fourth-order valence-electron chi connectivity index (χ4n) is 1.91. The van der Waals surface area contributed by atoms with Crippen LogP contribution in [-0.4, -0.2) is 36.3 Å². The molecule has 0 bridgehead atoms. The molecular weight excluding hydrogens is 180 g/mol. The molecule has 2 heterocycles. The summed E-state index contributed by atoms with van der Waals surface area (Å²) in [5, 5.41) is 0. The second kappa shape index (κ2) is 3.92. The van der Waals surface area contributed by atoms with Gasteiger partial charge in [-0.05, 0) is 26.4 Å². The van der Waals surface area contributed by atoms with E-state index in [0.717, 1.165) is 19.5 Å². The van der Waals surface area contributed by atoms with E-state index in [1.165, 1.54) is 12.6 Å². The standard InChI is InChI=1S/C10H14N2O2/c1-12-4-2-3-8(6-12)10-11-5-9(7-13)14-10/h5,7-8H,2-4,6H2,1H3. The van der Waals surface area contributed by atoms with Gasteiger partial charge in [0.2, 0.25) is 0 Å². The molecule has 4 heteroatoms. The van der Waals surface area contributed by atoms with Crippen molar-refractivity contribution in [3.05, 3.63) is 17.8 Å². The van der Waals surface area contributed by atoms with E-state index in [1.54, 1.807) is 0 Å². The lowest BCUT2D eigenvalue weighted by molar-refractivity contribution is 0.109. The molecule has 1 fully saturated rings. The molecule has 1 aliphatic heterocycles. The van der Waals surface area contributed by atoms with Gasteiger partial charge in [0.25, 0.3) is 0 Å². The number of likely N-dealkylation sites (N-methyl/N-ethyl adjacent to an activating group) is 1. The van der Waals surface area contributed by atoms with Crippen LogP contribution in [0.2, 0.25) is 0 Å². The van der Waals surface area contributed by atoms with Crippen LogP contribution in [0.15, 0.2) is 10.6 Å². The second-order valence-corrected chi connectivity index (χ2v) is 3.82. The smallest absolute Gasteiger partial charge is 0.199 e. The van der Waals surface area contributed by atoms with Crippen LogP contribution in [0.5, 0.6) is 0 Å². The topological polar surface area (TPSA) is 46.3 Å². The number of carbonyl (C=O) groups is 1. The van der Waals surface area contributed by atoms with E-state index in [2.05, 4.69) is 16.9 Å². The van der Waals surface area contributed by atoms with Crippen LogP contribution in [0, 0.1) is 0 Å². The third-order valence-corrected chi connectivity index (χ3v) is 2.63. The van der Waals surface area contributed by atoms with E-state index in [4.69, 9.17) is 4.42 Å². The number of nitrogens with zero attached hydrogens (tertiary/aromatic N) is 2. The molecule has 1 atom stereocenters. The van der Waals surface area contributed by atoms with E-state index in [-0.39, 0.29) is 0 Å². The van der Waals surface area contributed by atoms with Crippen LogP contribution in [-0.2, 0) is 0 Å². The number of aldehydes is 1. The minimum Gasteiger partial charge on any atom is -0.438 e. The Bertz CT molecular complexity index is 322. The van der Waals surface area contributed by atoms with Crippen molar-refractivity contribution in [1.29, 1.82) is 0 Å². The lowest BCUT2D eigenvalue weighted by atomic mass is 9.99. The van der Waals surface area contributed by atoms with Gasteiger partial charge in [0.15, 0.2) is 17.9 Å². The molecule has 1 aliphatic rings. The highest BCUT2D eigenvalue weighted by atomic mass is 16.4. The summed E-state index contributed by atoms with van der Waals surface area (Å²) in [6.45, 7) is 2.11. The van der Waals surface area contributed by atoms with E-state index >= 15 is 0 Å². The maximum Gasteiger partial charge on any atom is 0.199 e. The molecule has 1 saturated heterocycles. The van der Waals surface area contributed by atoms with Crippen LogP contribution in [0.4, 0.5) is 0 Å². The van der Waals surface area contributed by atoms with Gasteiger partial charge in [-0.2, -0.15) is 0 Å². The first-order chi connectivity index (χ1) is 6.79. The number of hydrogen-bond donors (Lipinski definition) is 0. The van der Waals surface area contributed by atoms with Crippen molar-refractivity contribution in [3.8, 4) is 0 Å². The summed E-state index contributed by atoms with van der Waals surface area (Å²) in [4.78, 5) is 16.8. The van der Waals surface area contributed by atoms with Crippen LogP contribution >= 0.6 is 0 Å². The predicted octanol–water partition coefficient (Wildman–Crippen LogP) is 1.30. The molecule has 0 saturated carbocycles. The first kappa shape index (κ1) is 9.40. The van der Waals surface area contributed by atoms with E-state index < -0.39 is 0 Å². The number of piperidine rings is 1. The van der Waals surface area contributed by atoms with Gasteiger partial charge in [-0.15, -0.1) is 0 Å². The molecule has 4 nitrogen and oxygen atoms in total. The van der Waals surface area contributed by atoms with Gasteiger partial charge in [-0.1, -0.05) is 0 Å². The molecule has 0 aliphatic carbocycles. The lowest BCUT2D eigenvalue weighted by Crippen LogP contribution is -2.30. The molecule has 0 amide bonds. The maximum atomic E-state index is 10.4. The molecule has 1 aromatic heterocycles. The molecule has 0 spiro atoms. The number of rotatable bonds is 2. The third-order valence-electron chi connectivity index (χ3n) is 2.63. The predicted molar refractivity (Wildman–Crippen MR) is 51.4 cm³/mol. The van der Waals surface area contributed by atoms with E-state index in [0.29, 0.717) is 23.9 Å². The second-order valence-electron chi connectivity index (χ2n) is 3.82. The maximum absolute atomic E-state index is 10.4. The monoisotopic (exact) mass is 194 g/mol. The zero-order chi connectivity index (χ0) is 9.97. The average molecular weight is 194 g/mol. The van der Waals surface area contributed by atoms with Gasteiger partial charge in [0, 0.05) is 12.5 Å².